The molecular weight excluding hydrogens is 400 g/mol. The fraction of sp³-hybridized carbons (Fsp3) is 0.438. The summed E-state index contributed by atoms with van der Waals surface area (Å²) in [5, 5.41) is 10.7. The molecule has 26 heavy (non-hydrogen) atoms. The minimum absolute atomic E-state index is 0.336. The molecule has 0 unspecified atom stereocenters. The van der Waals surface area contributed by atoms with Crippen LogP contribution in [0.2, 0.25) is 0 Å². The first-order valence-corrected chi connectivity index (χ1v) is 9.36. The van der Waals surface area contributed by atoms with Gasteiger partial charge in [0, 0.05) is 23.1 Å². The lowest BCUT2D eigenvalue weighted by Crippen LogP contribution is -2.39. The Morgan fingerprint density at radius 3 is 2.85 bits per heavy atom. The van der Waals surface area contributed by atoms with E-state index in [9.17, 15) is 4.79 Å². The van der Waals surface area contributed by atoms with E-state index in [-0.39, 0.29) is 6.03 Å². The highest BCUT2D eigenvalue weighted by Crippen LogP contribution is 2.28. The molecule has 1 aliphatic carbocycles. The van der Waals surface area contributed by atoms with Crippen LogP contribution >= 0.6 is 15.9 Å². The van der Waals surface area contributed by atoms with Crippen molar-refractivity contribution in [2.24, 2.45) is 22.6 Å². The molecule has 0 aromatic carbocycles. The molecule has 0 atom stereocenters. The number of pyridine rings is 1. The average molecular weight is 425 g/mol. The SMILES string of the molecule is CC.N/C(=N\N(N)CCNC(=O)Nc1cn2cc(Br)ccc2n1)C1CC1. The number of amidine groups is 1. The van der Waals surface area contributed by atoms with Gasteiger partial charge in [-0.3, -0.25) is 5.32 Å². The number of fused-ring (bicyclic) bond motifs is 1. The smallest absolute Gasteiger partial charge is 0.320 e. The molecule has 0 saturated heterocycles. The quantitative estimate of drug-likeness (QED) is 0.244. The number of carbonyl (C=O) groups excluding carboxylic acids is 1. The highest BCUT2D eigenvalue weighted by Gasteiger charge is 2.26. The first kappa shape index (κ1) is 20.0. The molecule has 0 spiro atoms. The van der Waals surface area contributed by atoms with Crippen LogP contribution in [-0.4, -0.2) is 39.5 Å². The predicted molar refractivity (Wildman–Crippen MR) is 107 cm³/mol. The summed E-state index contributed by atoms with van der Waals surface area (Å²) in [6.45, 7) is 4.70. The number of anilines is 1. The number of hydrogen-bond acceptors (Lipinski definition) is 5. The number of hydrazone groups is 1. The number of aromatic nitrogens is 2. The van der Waals surface area contributed by atoms with E-state index in [0.29, 0.717) is 30.7 Å². The van der Waals surface area contributed by atoms with E-state index in [1.165, 1.54) is 5.12 Å². The van der Waals surface area contributed by atoms with E-state index in [0.717, 1.165) is 23.0 Å². The fourth-order valence-corrected chi connectivity index (χ4v) is 2.48. The minimum atomic E-state index is -0.356. The summed E-state index contributed by atoms with van der Waals surface area (Å²) < 4.78 is 2.74. The summed E-state index contributed by atoms with van der Waals surface area (Å²) in [5.74, 6) is 7.10. The second-order valence-corrected chi connectivity index (χ2v) is 6.50. The lowest BCUT2D eigenvalue weighted by Gasteiger charge is -2.14. The van der Waals surface area contributed by atoms with E-state index >= 15 is 0 Å². The molecule has 2 heterocycles. The maximum atomic E-state index is 11.9. The van der Waals surface area contributed by atoms with Crippen molar-refractivity contribution < 1.29 is 4.79 Å². The van der Waals surface area contributed by atoms with E-state index in [1.807, 2.05) is 36.6 Å². The van der Waals surface area contributed by atoms with Crippen molar-refractivity contribution in [2.75, 3.05) is 18.4 Å². The third-order valence-electron chi connectivity index (χ3n) is 3.52. The number of carbonyl (C=O) groups is 1. The Morgan fingerprint density at radius 1 is 1.42 bits per heavy atom. The number of hydrogen-bond donors (Lipinski definition) is 4. The standard InChI is InChI=1S/C14H19BrN8O.C2H6/c15-10-3-4-12-19-11(8-22(12)7-10)20-14(24)18-5-6-23(17)21-13(16)9-1-2-9;1-2/h3-4,7-9H,1-2,5-6,17H2,(H2,16,21)(H2,18,20,24);1-2H3. The number of urea groups is 1. The van der Waals surface area contributed by atoms with Gasteiger partial charge in [-0.05, 0) is 40.9 Å². The van der Waals surface area contributed by atoms with E-state index in [1.54, 1.807) is 6.20 Å². The number of halogens is 1. The third kappa shape index (κ3) is 5.88. The largest absolute Gasteiger partial charge is 0.385 e. The zero-order valence-corrected chi connectivity index (χ0v) is 16.5. The molecule has 0 bridgehead atoms. The zero-order valence-electron chi connectivity index (χ0n) is 14.9. The Kier molecular flexibility index (Phi) is 7.22. The molecule has 1 fully saturated rings. The Morgan fingerprint density at radius 2 is 2.15 bits per heavy atom. The van der Waals surface area contributed by atoms with Gasteiger partial charge in [0.15, 0.2) is 5.82 Å². The predicted octanol–water partition coefficient (Wildman–Crippen LogP) is 2.10. The van der Waals surface area contributed by atoms with Crippen LogP contribution < -0.4 is 22.2 Å². The highest BCUT2D eigenvalue weighted by molar-refractivity contribution is 9.10. The fourth-order valence-electron chi connectivity index (χ4n) is 2.13. The van der Waals surface area contributed by atoms with Gasteiger partial charge in [-0.2, -0.15) is 0 Å². The number of imidazole rings is 1. The lowest BCUT2D eigenvalue weighted by molar-refractivity contribution is 0.247. The van der Waals surface area contributed by atoms with Crippen LogP contribution in [0.4, 0.5) is 10.6 Å². The number of amides is 2. The van der Waals surface area contributed by atoms with Crippen LogP contribution in [0.5, 0.6) is 0 Å². The van der Waals surface area contributed by atoms with Crippen molar-refractivity contribution in [3.8, 4) is 0 Å². The summed E-state index contributed by atoms with van der Waals surface area (Å²) in [7, 11) is 0. The number of nitrogens with two attached hydrogens (primary N) is 2. The van der Waals surface area contributed by atoms with Crippen molar-refractivity contribution in [3.63, 3.8) is 0 Å². The van der Waals surface area contributed by atoms with Crippen molar-refractivity contribution >= 4 is 39.3 Å². The molecular formula is C16H25BrN8O. The molecule has 0 aliphatic heterocycles. The molecule has 2 aromatic rings. The van der Waals surface area contributed by atoms with Gasteiger partial charge < -0.3 is 15.5 Å². The van der Waals surface area contributed by atoms with Crippen molar-refractivity contribution in [1.82, 2.24) is 19.8 Å². The topological polar surface area (TPSA) is 126 Å². The monoisotopic (exact) mass is 424 g/mol. The summed E-state index contributed by atoms with van der Waals surface area (Å²) in [4.78, 5) is 16.2. The molecule has 1 saturated carbocycles. The van der Waals surface area contributed by atoms with E-state index < -0.39 is 0 Å². The minimum Gasteiger partial charge on any atom is -0.385 e. The van der Waals surface area contributed by atoms with Gasteiger partial charge in [0.05, 0.1) is 12.7 Å². The van der Waals surface area contributed by atoms with Gasteiger partial charge in [-0.15, -0.1) is 5.10 Å². The second-order valence-electron chi connectivity index (χ2n) is 5.58. The van der Waals surface area contributed by atoms with Crippen molar-refractivity contribution in [1.29, 1.82) is 0 Å². The van der Waals surface area contributed by atoms with Crippen LogP contribution in [0.3, 0.4) is 0 Å². The normalized spacial score (nSPS) is 13.8. The molecule has 2 aromatic heterocycles. The Hall–Kier alpha value is -2.33. The van der Waals surface area contributed by atoms with Crippen LogP contribution in [0.25, 0.3) is 5.65 Å². The van der Waals surface area contributed by atoms with Gasteiger partial charge in [0.25, 0.3) is 0 Å². The maximum Gasteiger partial charge on any atom is 0.320 e. The maximum absolute atomic E-state index is 11.9. The van der Waals surface area contributed by atoms with Gasteiger partial charge in [-0.1, -0.05) is 13.8 Å². The van der Waals surface area contributed by atoms with E-state index in [4.69, 9.17) is 11.6 Å². The number of nitrogens with zero attached hydrogens (tertiary/aromatic N) is 4. The molecule has 10 heteroatoms. The van der Waals surface area contributed by atoms with Gasteiger partial charge in [-0.25, -0.2) is 20.7 Å². The van der Waals surface area contributed by atoms with Gasteiger partial charge >= 0.3 is 6.03 Å². The van der Waals surface area contributed by atoms with Crippen LogP contribution in [0.1, 0.15) is 26.7 Å². The van der Waals surface area contributed by atoms with Crippen LogP contribution in [0, 0.1) is 5.92 Å². The Labute approximate surface area is 160 Å². The second kappa shape index (κ2) is 9.39. The number of nitrogens with one attached hydrogen (secondary N) is 2. The van der Waals surface area contributed by atoms with Crippen molar-refractivity contribution in [3.05, 3.63) is 29.0 Å². The molecule has 0 radical (unpaired) electrons. The molecule has 3 rings (SSSR count). The summed E-state index contributed by atoms with van der Waals surface area (Å²) in [6, 6.07) is 3.38. The summed E-state index contributed by atoms with van der Waals surface area (Å²) >= 11 is 3.39. The number of hydrazine groups is 1. The first-order valence-electron chi connectivity index (χ1n) is 8.56. The first-order chi connectivity index (χ1) is 12.5. The molecule has 1 aliphatic rings. The lowest BCUT2D eigenvalue weighted by atomic mass is 10.4. The van der Waals surface area contributed by atoms with Gasteiger partial charge in [0.1, 0.15) is 11.5 Å². The molecule has 2 amide bonds. The van der Waals surface area contributed by atoms with E-state index in [2.05, 4.69) is 36.6 Å². The Bertz CT molecular complexity index is 771. The number of rotatable bonds is 6. The molecule has 9 nitrogen and oxygen atoms in total. The Balaban J connectivity index is 0.00000117. The van der Waals surface area contributed by atoms with Crippen LogP contribution in [-0.2, 0) is 0 Å². The summed E-state index contributed by atoms with van der Waals surface area (Å²) in [5.41, 5.74) is 6.52. The highest BCUT2D eigenvalue weighted by atomic mass is 79.9. The van der Waals surface area contributed by atoms with Gasteiger partial charge in [0.2, 0.25) is 0 Å². The zero-order chi connectivity index (χ0) is 19.1. The average Bonchev–Trinajstić information content (AvgIpc) is 3.38. The molecule has 6 N–H and O–H groups in total. The van der Waals surface area contributed by atoms with Crippen molar-refractivity contribution in [2.45, 2.75) is 26.7 Å². The molecule has 142 valence electrons. The van der Waals surface area contributed by atoms with Crippen LogP contribution in [0.15, 0.2) is 34.1 Å². The third-order valence-corrected chi connectivity index (χ3v) is 3.99. The summed E-state index contributed by atoms with van der Waals surface area (Å²) in [6.07, 6.45) is 5.73.